The molecule has 0 spiro atoms. The van der Waals surface area contributed by atoms with Gasteiger partial charge in [0.2, 0.25) is 0 Å². The van der Waals surface area contributed by atoms with Crippen LogP contribution in [0.4, 0.5) is 0 Å². The Hall–Kier alpha value is -0.790. The van der Waals surface area contributed by atoms with E-state index >= 15 is 0 Å². The van der Waals surface area contributed by atoms with Crippen LogP contribution in [0, 0.1) is 6.92 Å². The van der Waals surface area contributed by atoms with Gasteiger partial charge in [-0.2, -0.15) is 0 Å². The van der Waals surface area contributed by atoms with Crippen molar-refractivity contribution in [3.63, 3.8) is 0 Å². The number of aromatic nitrogens is 2. The van der Waals surface area contributed by atoms with Gasteiger partial charge in [0.15, 0.2) is 0 Å². The molecule has 1 aromatic rings. The van der Waals surface area contributed by atoms with Crippen molar-refractivity contribution >= 4 is 0 Å². The van der Waals surface area contributed by atoms with Crippen molar-refractivity contribution in [3.05, 3.63) is 17.7 Å². The minimum Gasteiger partial charge on any atom is -0.330 e. The molecule has 0 bridgehead atoms. The lowest BCUT2D eigenvalue weighted by molar-refractivity contribution is 0.424. The Balaban J connectivity index is 0.000000396. The molecule has 74 valence electrons. The fourth-order valence-electron chi connectivity index (χ4n) is 1.99. The minimum atomic E-state index is 0.668. The molecule has 0 aromatic carbocycles. The Kier molecular flexibility index (Phi) is 3.52. The Morgan fingerprint density at radius 3 is 2.77 bits per heavy atom. The summed E-state index contributed by atoms with van der Waals surface area (Å²) in [6, 6.07) is 0.668. The number of hydrogen-bond donors (Lipinski definition) is 0. The van der Waals surface area contributed by atoms with Crippen molar-refractivity contribution in [2.45, 2.75) is 53.0 Å². The van der Waals surface area contributed by atoms with Gasteiger partial charge in [-0.3, -0.25) is 0 Å². The number of hydrogen-bond acceptors (Lipinski definition) is 1. The molecule has 1 aliphatic rings. The molecule has 2 heteroatoms. The monoisotopic (exact) mass is 180 g/mol. The first-order chi connectivity index (χ1) is 6.29. The fraction of sp³-hybridized carbons (Fsp3) is 0.727. The molecule has 0 aliphatic carbocycles. The molecule has 0 N–H and O–H groups in total. The summed E-state index contributed by atoms with van der Waals surface area (Å²) in [6.45, 7) is 8.36. The molecule has 1 unspecified atom stereocenters. The molecular formula is C11H20N2. The van der Waals surface area contributed by atoms with Gasteiger partial charge in [-0.05, 0) is 33.1 Å². The average molecular weight is 180 g/mol. The number of aryl methyl sites for hydroxylation is 2. The highest BCUT2D eigenvalue weighted by atomic mass is 15.1. The van der Waals surface area contributed by atoms with Crippen LogP contribution >= 0.6 is 0 Å². The van der Waals surface area contributed by atoms with Crippen LogP contribution in [0.15, 0.2) is 6.20 Å². The molecule has 0 radical (unpaired) electrons. The van der Waals surface area contributed by atoms with Gasteiger partial charge in [0, 0.05) is 17.9 Å². The highest BCUT2D eigenvalue weighted by Crippen LogP contribution is 2.25. The van der Waals surface area contributed by atoms with Gasteiger partial charge >= 0.3 is 0 Å². The first-order valence-corrected chi connectivity index (χ1v) is 5.32. The Morgan fingerprint density at radius 1 is 1.46 bits per heavy atom. The van der Waals surface area contributed by atoms with E-state index < -0.39 is 0 Å². The minimum absolute atomic E-state index is 0.668. The van der Waals surface area contributed by atoms with E-state index in [-0.39, 0.29) is 0 Å². The molecule has 1 atom stereocenters. The maximum atomic E-state index is 4.31. The van der Waals surface area contributed by atoms with Crippen molar-refractivity contribution < 1.29 is 0 Å². The van der Waals surface area contributed by atoms with E-state index in [0.29, 0.717) is 6.04 Å². The van der Waals surface area contributed by atoms with Crippen LogP contribution < -0.4 is 0 Å². The summed E-state index contributed by atoms with van der Waals surface area (Å²) in [5, 5.41) is 0. The van der Waals surface area contributed by atoms with Gasteiger partial charge in [-0.15, -0.1) is 0 Å². The van der Waals surface area contributed by atoms with E-state index in [0.717, 1.165) is 0 Å². The number of rotatable bonds is 0. The van der Waals surface area contributed by atoms with E-state index in [1.807, 2.05) is 20.0 Å². The van der Waals surface area contributed by atoms with Crippen LogP contribution in [0.3, 0.4) is 0 Å². The van der Waals surface area contributed by atoms with Crippen molar-refractivity contribution in [2.24, 2.45) is 0 Å². The normalized spacial score (nSPS) is 20.2. The van der Waals surface area contributed by atoms with E-state index in [9.17, 15) is 0 Å². The zero-order valence-corrected chi connectivity index (χ0v) is 9.17. The molecule has 0 saturated carbocycles. The summed E-state index contributed by atoms with van der Waals surface area (Å²) in [5.74, 6) is 1.17. The van der Waals surface area contributed by atoms with Crippen LogP contribution in [-0.2, 0) is 6.42 Å². The summed E-state index contributed by atoms with van der Waals surface area (Å²) in [6.07, 6.45) is 5.87. The van der Waals surface area contributed by atoms with E-state index in [2.05, 4.69) is 23.4 Å². The van der Waals surface area contributed by atoms with E-state index in [1.54, 1.807) is 0 Å². The van der Waals surface area contributed by atoms with Crippen molar-refractivity contribution in [1.29, 1.82) is 0 Å². The maximum Gasteiger partial charge on any atom is 0.105 e. The van der Waals surface area contributed by atoms with Gasteiger partial charge in [-0.25, -0.2) is 4.98 Å². The van der Waals surface area contributed by atoms with Crippen LogP contribution in [0.25, 0.3) is 0 Å². The molecule has 2 nitrogen and oxygen atoms in total. The quantitative estimate of drug-likeness (QED) is 0.600. The number of fused-ring (bicyclic) bond motifs is 1. The zero-order valence-electron chi connectivity index (χ0n) is 9.17. The van der Waals surface area contributed by atoms with Gasteiger partial charge in [0.05, 0.1) is 0 Å². The zero-order chi connectivity index (χ0) is 9.84. The lowest BCUT2D eigenvalue weighted by Crippen LogP contribution is -2.15. The van der Waals surface area contributed by atoms with Crippen molar-refractivity contribution in [3.8, 4) is 0 Å². The highest BCUT2D eigenvalue weighted by molar-refractivity contribution is 5.08. The van der Waals surface area contributed by atoms with Crippen molar-refractivity contribution in [1.82, 2.24) is 9.55 Å². The molecule has 0 amide bonds. The highest BCUT2D eigenvalue weighted by Gasteiger charge is 2.16. The van der Waals surface area contributed by atoms with Gasteiger partial charge in [0.1, 0.15) is 5.82 Å². The molecule has 1 aromatic heterocycles. The molecule has 2 heterocycles. The van der Waals surface area contributed by atoms with E-state index in [1.165, 1.54) is 30.8 Å². The SMILES string of the molecule is CC.Cc1ncc2n1C(C)CCC2. The Labute approximate surface area is 81.0 Å². The average Bonchev–Trinajstić information content (AvgIpc) is 2.53. The van der Waals surface area contributed by atoms with Gasteiger partial charge < -0.3 is 4.57 Å². The van der Waals surface area contributed by atoms with Gasteiger partial charge in [0.25, 0.3) is 0 Å². The summed E-state index contributed by atoms with van der Waals surface area (Å²) in [4.78, 5) is 4.31. The van der Waals surface area contributed by atoms with Crippen molar-refractivity contribution in [2.75, 3.05) is 0 Å². The molecular weight excluding hydrogens is 160 g/mol. The second-order valence-corrected chi connectivity index (χ2v) is 3.41. The summed E-state index contributed by atoms with van der Waals surface area (Å²) in [5.41, 5.74) is 1.42. The molecule has 2 rings (SSSR count). The third-order valence-corrected chi connectivity index (χ3v) is 2.55. The summed E-state index contributed by atoms with van der Waals surface area (Å²) >= 11 is 0. The molecule has 0 saturated heterocycles. The predicted octanol–water partition coefficient (Wildman–Crippen LogP) is 3.12. The number of nitrogens with zero attached hydrogens (tertiary/aromatic N) is 2. The maximum absolute atomic E-state index is 4.31. The van der Waals surface area contributed by atoms with Crippen LogP contribution in [-0.4, -0.2) is 9.55 Å². The van der Waals surface area contributed by atoms with Crippen LogP contribution in [0.1, 0.15) is 51.2 Å². The molecule has 0 fully saturated rings. The third kappa shape index (κ3) is 1.93. The topological polar surface area (TPSA) is 17.8 Å². The largest absolute Gasteiger partial charge is 0.330 e. The van der Waals surface area contributed by atoms with Crippen LogP contribution in [0.2, 0.25) is 0 Å². The standard InChI is InChI=1S/C9H14N2.C2H6/c1-7-4-3-5-9-6-10-8(2)11(7)9;1-2/h6-7H,3-5H2,1-2H3;1-2H3. The lowest BCUT2D eigenvalue weighted by atomic mass is 10.0. The fourth-order valence-corrected chi connectivity index (χ4v) is 1.99. The smallest absolute Gasteiger partial charge is 0.105 e. The molecule has 1 aliphatic heterocycles. The lowest BCUT2D eigenvalue weighted by Gasteiger charge is -2.22. The Bertz CT molecular complexity index is 263. The van der Waals surface area contributed by atoms with Crippen LogP contribution in [0.5, 0.6) is 0 Å². The second kappa shape index (κ2) is 4.45. The first kappa shape index (κ1) is 10.3. The third-order valence-electron chi connectivity index (χ3n) is 2.55. The van der Waals surface area contributed by atoms with E-state index in [4.69, 9.17) is 0 Å². The number of imidazole rings is 1. The predicted molar refractivity (Wildman–Crippen MR) is 56.0 cm³/mol. The second-order valence-electron chi connectivity index (χ2n) is 3.41. The summed E-state index contributed by atoms with van der Waals surface area (Å²) < 4.78 is 2.36. The Morgan fingerprint density at radius 2 is 2.15 bits per heavy atom. The summed E-state index contributed by atoms with van der Waals surface area (Å²) in [7, 11) is 0. The van der Waals surface area contributed by atoms with Gasteiger partial charge in [-0.1, -0.05) is 13.8 Å². The first-order valence-electron chi connectivity index (χ1n) is 5.32. The molecule has 13 heavy (non-hydrogen) atoms.